The standard InChI is InChI=1S/C6H14OP/c1-8(7)5-3-2-4-6-8/h7H,2-6H2,1H3/q+1. The molecule has 2 heteroatoms. The maximum absolute atomic E-state index is 9.49. The van der Waals surface area contributed by atoms with Crippen LogP contribution in [0.25, 0.3) is 0 Å². The minimum atomic E-state index is -1.34. The molecule has 0 aromatic carbocycles. The summed E-state index contributed by atoms with van der Waals surface area (Å²) in [6.07, 6.45) is 6.11. The monoisotopic (exact) mass is 133 g/mol. The van der Waals surface area contributed by atoms with Crippen molar-refractivity contribution in [3.63, 3.8) is 0 Å². The molecule has 0 unspecified atom stereocenters. The van der Waals surface area contributed by atoms with E-state index < -0.39 is 7.49 Å². The van der Waals surface area contributed by atoms with Crippen LogP contribution in [0.5, 0.6) is 0 Å². The van der Waals surface area contributed by atoms with Gasteiger partial charge in [0.2, 0.25) is 0 Å². The predicted molar refractivity (Wildman–Crippen MR) is 38.6 cm³/mol. The first-order chi connectivity index (χ1) is 3.71. The molecule has 0 aromatic rings. The first kappa shape index (κ1) is 6.51. The highest BCUT2D eigenvalue weighted by Crippen LogP contribution is 2.54. The molecule has 1 nitrogen and oxygen atoms in total. The topological polar surface area (TPSA) is 20.2 Å². The first-order valence-corrected chi connectivity index (χ1v) is 5.84. The summed E-state index contributed by atoms with van der Waals surface area (Å²) in [5.41, 5.74) is 0. The van der Waals surface area contributed by atoms with Crippen LogP contribution >= 0.6 is 7.49 Å². The third kappa shape index (κ3) is 1.72. The van der Waals surface area contributed by atoms with Crippen molar-refractivity contribution in [2.45, 2.75) is 19.3 Å². The van der Waals surface area contributed by atoms with E-state index in [-0.39, 0.29) is 0 Å². The molecule has 0 aliphatic carbocycles. The Balaban J connectivity index is 2.33. The lowest BCUT2D eigenvalue weighted by Gasteiger charge is -2.19. The highest BCUT2D eigenvalue weighted by atomic mass is 31.2. The zero-order valence-electron chi connectivity index (χ0n) is 5.43. The molecule has 1 saturated heterocycles. The van der Waals surface area contributed by atoms with Crippen molar-refractivity contribution in [1.82, 2.24) is 0 Å². The highest BCUT2D eigenvalue weighted by Gasteiger charge is 2.30. The first-order valence-electron chi connectivity index (χ1n) is 3.28. The molecule has 0 radical (unpaired) electrons. The van der Waals surface area contributed by atoms with Gasteiger partial charge in [0.25, 0.3) is 0 Å². The molecule has 1 rings (SSSR count). The van der Waals surface area contributed by atoms with E-state index in [9.17, 15) is 4.89 Å². The van der Waals surface area contributed by atoms with E-state index in [1.807, 2.05) is 6.66 Å². The second-order valence-electron chi connectivity index (χ2n) is 2.85. The van der Waals surface area contributed by atoms with E-state index in [1.165, 1.54) is 19.3 Å². The zero-order chi connectivity index (χ0) is 6.04. The van der Waals surface area contributed by atoms with Gasteiger partial charge in [-0.2, -0.15) is 0 Å². The lowest BCUT2D eigenvalue weighted by atomic mass is 10.3. The van der Waals surface area contributed by atoms with Gasteiger partial charge in [-0.1, -0.05) is 0 Å². The zero-order valence-corrected chi connectivity index (χ0v) is 6.32. The summed E-state index contributed by atoms with van der Waals surface area (Å²) in [6.45, 7) is 2.05. The van der Waals surface area contributed by atoms with Crippen LogP contribution in [-0.4, -0.2) is 23.9 Å². The Hall–Kier alpha value is 0.390. The molecule has 0 atom stereocenters. The fourth-order valence-corrected chi connectivity index (χ4v) is 3.23. The summed E-state index contributed by atoms with van der Waals surface area (Å²) >= 11 is 0. The van der Waals surface area contributed by atoms with Crippen LogP contribution in [0.1, 0.15) is 19.3 Å². The Morgan fingerprint density at radius 3 is 1.88 bits per heavy atom. The van der Waals surface area contributed by atoms with E-state index in [2.05, 4.69) is 0 Å². The molecule has 1 N–H and O–H groups in total. The number of hydrogen-bond acceptors (Lipinski definition) is 1. The molecular weight excluding hydrogens is 119 g/mol. The van der Waals surface area contributed by atoms with Crippen molar-refractivity contribution in [1.29, 1.82) is 0 Å². The summed E-state index contributed by atoms with van der Waals surface area (Å²) in [5, 5.41) is 0. The molecule has 0 amide bonds. The number of rotatable bonds is 0. The van der Waals surface area contributed by atoms with Crippen molar-refractivity contribution in [3.05, 3.63) is 0 Å². The third-order valence-electron chi connectivity index (χ3n) is 1.78. The highest BCUT2D eigenvalue weighted by molar-refractivity contribution is 7.69. The van der Waals surface area contributed by atoms with Gasteiger partial charge >= 0.3 is 0 Å². The molecule has 48 valence electrons. The molecule has 0 spiro atoms. The molecule has 0 saturated carbocycles. The quantitative estimate of drug-likeness (QED) is 0.499. The molecule has 1 heterocycles. The van der Waals surface area contributed by atoms with Gasteiger partial charge in [-0.15, -0.1) is 0 Å². The van der Waals surface area contributed by atoms with E-state index in [1.54, 1.807) is 0 Å². The lowest BCUT2D eigenvalue weighted by molar-refractivity contribution is 0.575. The minimum absolute atomic E-state index is 1.12. The van der Waals surface area contributed by atoms with E-state index >= 15 is 0 Å². The van der Waals surface area contributed by atoms with Crippen LogP contribution in [0.15, 0.2) is 0 Å². The Bertz CT molecular complexity index is 72.6. The fraction of sp³-hybridized carbons (Fsp3) is 1.00. The van der Waals surface area contributed by atoms with Gasteiger partial charge < -0.3 is 0 Å². The van der Waals surface area contributed by atoms with Crippen LogP contribution in [0.4, 0.5) is 0 Å². The van der Waals surface area contributed by atoms with Gasteiger partial charge in [0.15, 0.2) is 0 Å². The van der Waals surface area contributed by atoms with E-state index in [0.717, 1.165) is 12.3 Å². The van der Waals surface area contributed by atoms with Crippen LogP contribution in [0.2, 0.25) is 0 Å². The van der Waals surface area contributed by atoms with E-state index in [4.69, 9.17) is 0 Å². The van der Waals surface area contributed by atoms with Crippen LogP contribution in [0.3, 0.4) is 0 Å². The second kappa shape index (κ2) is 2.33. The lowest BCUT2D eigenvalue weighted by Crippen LogP contribution is -2.06. The van der Waals surface area contributed by atoms with Gasteiger partial charge in [-0.05, 0) is 19.3 Å². The average Bonchev–Trinajstić information content (AvgIpc) is 1.65. The van der Waals surface area contributed by atoms with E-state index in [0.29, 0.717) is 0 Å². The SMILES string of the molecule is C[P+]1(O)CCCCC1. The second-order valence-corrected chi connectivity index (χ2v) is 6.42. The predicted octanol–water partition coefficient (Wildman–Crippen LogP) is 1.72. The Kier molecular flexibility index (Phi) is 1.89. The average molecular weight is 133 g/mol. The summed E-state index contributed by atoms with van der Waals surface area (Å²) in [4.78, 5) is 9.49. The van der Waals surface area contributed by atoms with Gasteiger partial charge in [0.1, 0.15) is 7.49 Å². The van der Waals surface area contributed by atoms with Crippen molar-refractivity contribution in [2.24, 2.45) is 0 Å². The molecule has 0 aromatic heterocycles. The minimum Gasteiger partial charge on any atom is -0.252 e. The third-order valence-corrected chi connectivity index (χ3v) is 4.34. The van der Waals surface area contributed by atoms with Gasteiger partial charge in [0.05, 0.1) is 19.0 Å². The number of hydrogen-bond donors (Lipinski definition) is 1. The molecule has 8 heavy (non-hydrogen) atoms. The van der Waals surface area contributed by atoms with Crippen molar-refractivity contribution < 1.29 is 4.89 Å². The van der Waals surface area contributed by atoms with Crippen LogP contribution < -0.4 is 0 Å². The summed E-state index contributed by atoms with van der Waals surface area (Å²) in [5.74, 6) is 0. The van der Waals surface area contributed by atoms with Crippen LogP contribution in [0, 0.1) is 0 Å². The fourth-order valence-electron chi connectivity index (χ4n) is 1.19. The van der Waals surface area contributed by atoms with Gasteiger partial charge in [-0.3, -0.25) is 4.89 Å². The maximum atomic E-state index is 9.49. The maximum Gasteiger partial charge on any atom is 0.139 e. The van der Waals surface area contributed by atoms with Crippen molar-refractivity contribution in [2.75, 3.05) is 19.0 Å². The molecule has 1 aliphatic rings. The Morgan fingerprint density at radius 2 is 1.62 bits per heavy atom. The Labute approximate surface area is 51.5 Å². The van der Waals surface area contributed by atoms with Gasteiger partial charge in [-0.25, -0.2) is 0 Å². The normalized spacial score (nSPS) is 27.8. The van der Waals surface area contributed by atoms with Gasteiger partial charge in [0, 0.05) is 0 Å². The molecular formula is C6H14OP+. The summed E-state index contributed by atoms with van der Waals surface area (Å²) in [7, 11) is -1.34. The smallest absolute Gasteiger partial charge is 0.139 e. The molecule has 1 aliphatic heterocycles. The molecule has 1 fully saturated rings. The summed E-state index contributed by atoms with van der Waals surface area (Å²) in [6, 6.07) is 0. The van der Waals surface area contributed by atoms with Crippen molar-refractivity contribution in [3.8, 4) is 0 Å². The Morgan fingerprint density at radius 1 is 1.12 bits per heavy atom. The van der Waals surface area contributed by atoms with Crippen molar-refractivity contribution >= 4 is 7.49 Å². The summed E-state index contributed by atoms with van der Waals surface area (Å²) < 4.78 is 0. The largest absolute Gasteiger partial charge is 0.252 e. The van der Waals surface area contributed by atoms with Crippen LogP contribution in [-0.2, 0) is 0 Å². The molecule has 0 bridgehead atoms.